The zero-order chi connectivity index (χ0) is 9.14. The molecule has 0 aromatic heterocycles. The molecular weight excluding hydrogens is 195 g/mol. The maximum atomic E-state index is 9.14. The summed E-state index contributed by atoms with van der Waals surface area (Å²) in [6.45, 7) is 1.71. The van der Waals surface area contributed by atoms with E-state index in [2.05, 4.69) is 0 Å². The van der Waals surface area contributed by atoms with Crippen LogP contribution in [-0.2, 0) is 6.42 Å². The molecule has 1 aromatic carbocycles. The van der Waals surface area contributed by atoms with E-state index in [1.807, 2.05) is 0 Å². The minimum absolute atomic E-state index is 0.414. The molecule has 3 heteroatoms. The molecule has 0 unspecified atom stereocenters. The summed E-state index contributed by atoms with van der Waals surface area (Å²) in [5.74, 6) is 0. The second kappa shape index (κ2) is 4.13. The summed E-state index contributed by atoms with van der Waals surface area (Å²) in [5, 5.41) is 10.4. The molecule has 0 fully saturated rings. The van der Waals surface area contributed by atoms with E-state index in [9.17, 15) is 0 Å². The van der Waals surface area contributed by atoms with Crippen LogP contribution in [-0.4, -0.2) is 11.2 Å². The monoisotopic (exact) mass is 204 g/mol. The number of hydrogen-bond acceptors (Lipinski definition) is 1. The van der Waals surface area contributed by atoms with Crippen LogP contribution in [0.15, 0.2) is 18.2 Å². The van der Waals surface area contributed by atoms with Crippen LogP contribution in [0.1, 0.15) is 12.5 Å². The van der Waals surface area contributed by atoms with Crippen LogP contribution in [0.2, 0.25) is 10.0 Å². The smallest absolute Gasteiger partial charge is 0.0553 e. The molecule has 0 amide bonds. The lowest BCUT2D eigenvalue weighted by atomic mass is 10.1. The normalized spacial score (nSPS) is 13.0. The van der Waals surface area contributed by atoms with Gasteiger partial charge in [-0.15, -0.1) is 0 Å². The van der Waals surface area contributed by atoms with Crippen molar-refractivity contribution in [3.05, 3.63) is 33.8 Å². The summed E-state index contributed by atoms with van der Waals surface area (Å²) in [6, 6.07) is 5.33. The summed E-state index contributed by atoms with van der Waals surface area (Å²) >= 11 is 11.8. The number of aliphatic hydroxyl groups excluding tert-OH is 1. The highest BCUT2D eigenvalue weighted by atomic mass is 35.5. The largest absolute Gasteiger partial charge is 0.393 e. The molecule has 1 nitrogen and oxygen atoms in total. The van der Waals surface area contributed by atoms with Gasteiger partial charge < -0.3 is 5.11 Å². The second-order valence-corrected chi connectivity index (χ2v) is 3.57. The quantitative estimate of drug-likeness (QED) is 0.786. The first-order valence-electron chi connectivity index (χ1n) is 3.72. The average Bonchev–Trinajstić information content (AvgIpc) is 1.97. The van der Waals surface area contributed by atoms with E-state index in [0.29, 0.717) is 16.5 Å². The first-order valence-corrected chi connectivity index (χ1v) is 4.48. The predicted molar refractivity (Wildman–Crippen MR) is 51.8 cm³/mol. The molecule has 1 N–H and O–H groups in total. The van der Waals surface area contributed by atoms with Crippen LogP contribution in [0.4, 0.5) is 0 Å². The summed E-state index contributed by atoms with van der Waals surface area (Å²) in [6.07, 6.45) is 0.0841. The Hall–Kier alpha value is -0.240. The molecule has 0 aliphatic carbocycles. The molecule has 0 saturated heterocycles. The van der Waals surface area contributed by atoms with Gasteiger partial charge in [-0.25, -0.2) is 0 Å². The Morgan fingerprint density at radius 1 is 1.33 bits per heavy atom. The van der Waals surface area contributed by atoms with Crippen LogP contribution < -0.4 is 0 Å². The van der Waals surface area contributed by atoms with Crippen molar-refractivity contribution in [2.24, 2.45) is 0 Å². The van der Waals surface area contributed by atoms with Crippen LogP contribution in [0, 0.1) is 0 Å². The van der Waals surface area contributed by atoms with Crippen LogP contribution in [0.5, 0.6) is 0 Å². The second-order valence-electron chi connectivity index (χ2n) is 2.75. The Labute approximate surface area is 81.9 Å². The van der Waals surface area contributed by atoms with Crippen molar-refractivity contribution in [1.82, 2.24) is 0 Å². The van der Waals surface area contributed by atoms with Crippen molar-refractivity contribution >= 4 is 23.2 Å². The van der Waals surface area contributed by atoms with Crippen molar-refractivity contribution in [2.45, 2.75) is 19.4 Å². The lowest BCUT2D eigenvalue weighted by Crippen LogP contribution is -2.05. The van der Waals surface area contributed by atoms with E-state index in [-0.39, 0.29) is 0 Å². The minimum Gasteiger partial charge on any atom is -0.393 e. The first-order chi connectivity index (χ1) is 5.61. The summed E-state index contributed by atoms with van der Waals surface area (Å²) in [7, 11) is 0. The molecule has 12 heavy (non-hydrogen) atoms. The lowest BCUT2D eigenvalue weighted by Gasteiger charge is -2.07. The van der Waals surface area contributed by atoms with Crippen molar-refractivity contribution in [1.29, 1.82) is 0 Å². The third-order valence-corrected chi connectivity index (χ3v) is 2.27. The standard InChI is InChI=1S/C9H10Cl2O/c1-6(12)5-7-8(10)3-2-4-9(7)11/h2-4,6,12H,5H2,1H3/t6-/m0/s1. The molecule has 1 rings (SSSR count). The highest BCUT2D eigenvalue weighted by Crippen LogP contribution is 2.25. The molecule has 0 radical (unpaired) electrons. The molecule has 66 valence electrons. The third kappa shape index (κ3) is 2.37. The third-order valence-electron chi connectivity index (χ3n) is 1.56. The molecule has 0 saturated carbocycles. The zero-order valence-electron chi connectivity index (χ0n) is 6.72. The van der Waals surface area contributed by atoms with Gasteiger partial charge in [-0.05, 0) is 24.6 Å². The number of hydrogen-bond donors (Lipinski definition) is 1. The van der Waals surface area contributed by atoms with Gasteiger partial charge in [0.05, 0.1) is 6.10 Å². The fraction of sp³-hybridized carbons (Fsp3) is 0.333. The molecule has 0 bridgehead atoms. The Kier molecular flexibility index (Phi) is 3.39. The van der Waals surface area contributed by atoms with Crippen LogP contribution >= 0.6 is 23.2 Å². The minimum atomic E-state index is -0.414. The Balaban J connectivity index is 2.96. The molecule has 1 atom stereocenters. The van der Waals surface area contributed by atoms with Gasteiger partial charge in [0.15, 0.2) is 0 Å². The maximum absolute atomic E-state index is 9.14. The fourth-order valence-electron chi connectivity index (χ4n) is 1.02. The van der Waals surface area contributed by atoms with Gasteiger partial charge in [0, 0.05) is 16.5 Å². The van der Waals surface area contributed by atoms with E-state index in [4.69, 9.17) is 28.3 Å². The van der Waals surface area contributed by atoms with E-state index >= 15 is 0 Å². The molecule has 0 aliphatic heterocycles. The van der Waals surface area contributed by atoms with Gasteiger partial charge in [0.25, 0.3) is 0 Å². The maximum Gasteiger partial charge on any atom is 0.0553 e. The molecule has 0 heterocycles. The SMILES string of the molecule is C[C@H](O)Cc1c(Cl)cccc1Cl. The van der Waals surface area contributed by atoms with Gasteiger partial charge in [0.1, 0.15) is 0 Å². The Morgan fingerprint density at radius 3 is 2.25 bits per heavy atom. The van der Waals surface area contributed by atoms with E-state index < -0.39 is 6.10 Å². The van der Waals surface area contributed by atoms with Gasteiger partial charge >= 0.3 is 0 Å². The van der Waals surface area contributed by atoms with Gasteiger partial charge in [-0.2, -0.15) is 0 Å². The van der Waals surface area contributed by atoms with Crippen molar-refractivity contribution in [3.8, 4) is 0 Å². The highest BCUT2D eigenvalue weighted by Gasteiger charge is 2.07. The Bertz CT molecular complexity index is 251. The first kappa shape index (κ1) is 9.85. The average molecular weight is 205 g/mol. The highest BCUT2D eigenvalue weighted by molar-refractivity contribution is 6.35. The van der Waals surface area contributed by atoms with Gasteiger partial charge in [-0.3, -0.25) is 0 Å². The number of halogens is 2. The zero-order valence-corrected chi connectivity index (χ0v) is 8.23. The van der Waals surface area contributed by atoms with Crippen LogP contribution in [0.25, 0.3) is 0 Å². The Morgan fingerprint density at radius 2 is 1.83 bits per heavy atom. The van der Waals surface area contributed by atoms with Gasteiger partial charge in [-0.1, -0.05) is 29.3 Å². The molecular formula is C9H10Cl2O. The van der Waals surface area contributed by atoms with Gasteiger partial charge in [0.2, 0.25) is 0 Å². The fourth-order valence-corrected chi connectivity index (χ4v) is 1.57. The van der Waals surface area contributed by atoms with Crippen molar-refractivity contribution < 1.29 is 5.11 Å². The van der Waals surface area contributed by atoms with Crippen molar-refractivity contribution in [3.63, 3.8) is 0 Å². The summed E-state index contributed by atoms with van der Waals surface area (Å²) in [5.41, 5.74) is 0.816. The molecule has 0 spiro atoms. The number of benzene rings is 1. The predicted octanol–water partition coefficient (Wildman–Crippen LogP) is 2.92. The van der Waals surface area contributed by atoms with E-state index in [1.165, 1.54) is 0 Å². The van der Waals surface area contributed by atoms with E-state index in [0.717, 1.165) is 5.56 Å². The lowest BCUT2D eigenvalue weighted by molar-refractivity contribution is 0.195. The van der Waals surface area contributed by atoms with Crippen LogP contribution in [0.3, 0.4) is 0 Å². The number of rotatable bonds is 2. The van der Waals surface area contributed by atoms with E-state index in [1.54, 1.807) is 25.1 Å². The number of aliphatic hydroxyl groups is 1. The summed E-state index contributed by atoms with van der Waals surface area (Å²) in [4.78, 5) is 0. The molecule has 0 aliphatic rings. The topological polar surface area (TPSA) is 20.2 Å². The summed E-state index contributed by atoms with van der Waals surface area (Å²) < 4.78 is 0. The molecule has 1 aromatic rings. The van der Waals surface area contributed by atoms with Crippen molar-refractivity contribution in [2.75, 3.05) is 0 Å².